The van der Waals surface area contributed by atoms with Crippen LogP contribution in [0.2, 0.25) is 0 Å². The monoisotopic (exact) mass is 405 g/mol. The standard InChI is InChI=1S/C22H39N5O2/c1-18(2)16-27-10-12-29-21(17-27)15-25-22(23-3)24-14-19-7-6-8-20(13-19)28-11-9-26(4)5/h6-8,13,18,21H,9-12,14-17H2,1-5H3,(H2,23,24,25). The van der Waals surface area contributed by atoms with Crippen LogP contribution in [0.25, 0.3) is 0 Å². The SMILES string of the molecule is CN=C(NCc1cccc(OCCN(C)C)c1)NCC1CN(CC(C)C)CCO1. The summed E-state index contributed by atoms with van der Waals surface area (Å²) in [5.74, 6) is 2.36. The first-order valence-corrected chi connectivity index (χ1v) is 10.6. The molecular formula is C22H39N5O2. The quantitative estimate of drug-likeness (QED) is 0.456. The van der Waals surface area contributed by atoms with E-state index in [2.05, 4.69) is 51.4 Å². The molecule has 0 saturated carbocycles. The van der Waals surface area contributed by atoms with Crippen molar-refractivity contribution in [3.63, 3.8) is 0 Å². The van der Waals surface area contributed by atoms with Gasteiger partial charge in [0.2, 0.25) is 0 Å². The van der Waals surface area contributed by atoms with Crippen LogP contribution in [0.15, 0.2) is 29.3 Å². The van der Waals surface area contributed by atoms with E-state index in [4.69, 9.17) is 9.47 Å². The fourth-order valence-corrected chi connectivity index (χ4v) is 3.29. The van der Waals surface area contributed by atoms with Crippen molar-refractivity contribution in [3.8, 4) is 5.75 Å². The van der Waals surface area contributed by atoms with Crippen LogP contribution in [-0.2, 0) is 11.3 Å². The van der Waals surface area contributed by atoms with E-state index in [9.17, 15) is 0 Å². The number of likely N-dealkylation sites (N-methyl/N-ethyl adjacent to an activating group) is 1. The highest BCUT2D eigenvalue weighted by Gasteiger charge is 2.21. The maximum atomic E-state index is 5.91. The minimum atomic E-state index is 0.189. The summed E-state index contributed by atoms with van der Waals surface area (Å²) in [5.41, 5.74) is 1.16. The van der Waals surface area contributed by atoms with Gasteiger partial charge < -0.3 is 25.0 Å². The summed E-state index contributed by atoms with van der Waals surface area (Å²) in [7, 11) is 5.88. The van der Waals surface area contributed by atoms with Crippen LogP contribution in [0.5, 0.6) is 5.75 Å². The maximum absolute atomic E-state index is 5.91. The zero-order chi connectivity index (χ0) is 21.1. The average Bonchev–Trinajstić information content (AvgIpc) is 2.68. The van der Waals surface area contributed by atoms with Gasteiger partial charge in [0.1, 0.15) is 12.4 Å². The molecule has 0 amide bonds. The summed E-state index contributed by atoms with van der Waals surface area (Å²) in [5, 5.41) is 6.77. The summed E-state index contributed by atoms with van der Waals surface area (Å²) in [4.78, 5) is 8.93. The number of morpholine rings is 1. The third-order valence-electron chi connectivity index (χ3n) is 4.73. The summed E-state index contributed by atoms with van der Waals surface area (Å²) < 4.78 is 11.7. The Morgan fingerprint density at radius 2 is 2.17 bits per heavy atom. The Labute approximate surface area is 176 Å². The predicted octanol–water partition coefficient (Wildman–Crippen LogP) is 1.65. The van der Waals surface area contributed by atoms with Crippen LogP contribution in [0.1, 0.15) is 19.4 Å². The average molecular weight is 406 g/mol. The van der Waals surface area contributed by atoms with E-state index >= 15 is 0 Å². The van der Waals surface area contributed by atoms with Crippen LogP contribution < -0.4 is 15.4 Å². The Hall–Kier alpha value is -1.83. The van der Waals surface area contributed by atoms with Gasteiger partial charge in [0.05, 0.1) is 12.7 Å². The van der Waals surface area contributed by atoms with Gasteiger partial charge in [0, 0.05) is 46.3 Å². The maximum Gasteiger partial charge on any atom is 0.191 e. The van der Waals surface area contributed by atoms with Gasteiger partial charge in [-0.25, -0.2) is 0 Å². The Balaban J connectivity index is 1.74. The number of nitrogens with zero attached hydrogens (tertiary/aromatic N) is 3. The van der Waals surface area contributed by atoms with Gasteiger partial charge in [-0.2, -0.15) is 0 Å². The second kappa shape index (κ2) is 12.7. The van der Waals surface area contributed by atoms with Gasteiger partial charge in [-0.05, 0) is 37.7 Å². The Kier molecular flexibility index (Phi) is 10.2. The van der Waals surface area contributed by atoms with E-state index in [1.807, 2.05) is 26.2 Å². The number of nitrogens with one attached hydrogen (secondary N) is 2. The molecule has 1 fully saturated rings. The van der Waals surface area contributed by atoms with Crippen molar-refractivity contribution in [2.45, 2.75) is 26.5 Å². The normalized spacial score (nSPS) is 18.3. The second-order valence-corrected chi connectivity index (χ2v) is 8.25. The lowest BCUT2D eigenvalue weighted by molar-refractivity contribution is -0.0284. The van der Waals surface area contributed by atoms with Crippen molar-refractivity contribution in [2.24, 2.45) is 10.9 Å². The summed E-state index contributed by atoms with van der Waals surface area (Å²) in [6, 6.07) is 8.18. The molecule has 7 heteroatoms. The second-order valence-electron chi connectivity index (χ2n) is 8.25. The molecule has 1 aliphatic heterocycles. The zero-order valence-electron chi connectivity index (χ0n) is 18.8. The summed E-state index contributed by atoms with van der Waals surface area (Å²) >= 11 is 0. The fraction of sp³-hybridized carbons (Fsp3) is 0.682. The van der Waals surface area contributed by atoms with Crippen molar-refractivity contribution < 1.29 is 9.47 Å². The molecule has 1 aromatic rings. The lowest BCUT2D eigenvalue weighted by Gasteiger charge is -2.34. The molecule has 2 rings (SSSR count). The van der Waals surface area contributed by atoms with E-state index in [-0.39, 0.29) is 6.10 Å². The third-order valence-corrected chi connectivity index (χ3v) is 4.73. The van der Waals surface area contributed by atoms with Gasteiger partial charge >= 0.3 is 0 Å². The fourth-order valence-electron chi connectivity index (χ4n) is 3.29. The minimum absolute atomic E-state index is 0.189. The van der Waals surface area contributed by atoms with Gasteiger partial charge in [-0.15, -0.1) is 0 Å². The first-order chi connectivity index (χ1) is 14.0. The van der Waals surface area contributed by atoms with Crippen LogP contribution in [0, 0.1) is 5.92 Å². The summed E-state index contributed by atoms with van der Waals surface area (Å²) in [6.07, 6.45) is 0.189. The molecule has 0 radical (unpaired) electrons. The molecule has 29 heavy (non-hydrogen) atoms. The largest absolute Gasteiger partial charge is 0.492 e. The van der Waals surface area contributed by atoms with Gasteiger partial charge in [0.15, 0.2) is 5.96 Å². The molecule has 7 nitrogen and oxygen atoms in total. The number of aliphatic imine (C=N–C) groups is 1. The van der Waals surface area contributed by atoms with Crippen molar-refractivity contribution >= 4 is 5.96 Å². The molecular weight excluding hydrogens is 366 g/mol. The number of guanidine groups is 1. The number of hydrogen-bond acceptors (Lipinski definition) is 5. The Morgan fingerprint density at radius 1 is 1.34 bits per heavy atom. The molecule has 0 bridgehead atoms. The molecule has 1 aliphatic rings. The van der Waals surface area contributed by atoms with Crippen LogP contribution >= 0.6 is 0 Å². The molecule has 0 aliphatic carbocycles. The molecule has 1 unspecified atom stereocenters. The molecule has 0 spiro atoms. The van der Waals surface area contributed by atoms with Gasteiger partial charge in [-0.3, -0.25) is 9.89 Å². The molecule has 2 N–H and O–H groups in total. The predicted molar refractivity (Wildman–Crippen MR) is 120 cm³/mol. The number of hydrogen-bond donors (Lipinski definition) is 2. The zero-order valence-corrected chi connectivity index (χ0v) is 18.8. The Bertz CT molecular complexity index is 621. The van der Waals surface area contributed by atoms with Crippen molar-refractivity contribution in [3.05, 3.63) is 29.8 Å². The van der Waals surface area contributed by atoms with Gasteiger partial charge in [-0.1, -0.05) is 26.0 Å². The first-order valence-electron chi connectivity index (χ1n) is 10.6. The highest BCUT2D eigenvalue weighted by molar-refractivity contribution is 5.79. The van der Waals surface area contributed by atoms with E-state index < -0.39 is 0 Å². The van der Waals surface area contributed by atoms with Crippen molar-refractivity contribution in [1.29, 1.82) is 0 Å². The number of rotatable bonds is 10. The Morgan fingerprint density at radius 3 is 2.90 bits per heavy atom. The van der Waals surface area contributed by atoms with E-state index in [1.54, 1.807) is 7.05 Å². The molecule has 1 heterocycles. The molecule has 1 saturated heterocycles. The topological polar surface area (TPSA) is 61.4 Å². The highest BCUT2D eigenvalue weighted by Crippen LogP contribution is 2.13. The minimum Gasteiger partial charge on any atom is -0.492 e. The molecule has 1 aromatic carbocycles. The lowest BCUT2D eigenvalue weighted by atomic mass is 10.2. The first kappa shape index (κ1) is 23.4. The lowest BCUT2D eigenvalue weighted by Crippen LogP contribution is -2.50. The molecule has 164 valence electrons. The van der Waals surface area contributed by atoms with Gasteiger partial charge in [0.25, 0.3) is 0 Å². The summed E-state index contributed by atoms with van der Waals surface area (Å²) in [6.45, 7) is 11.5. The van der Waals surface area contributed by atoms with E-state index in [0.717, 1.165) is 56.6 Å². The number of ether oxygens (including phenoxy) is 2. The molecule has 1 atom stereocenters. The van der Waals surface area contributed by atoms with Crippen LogP contribution in [-0.4, -0.2) is 88.9 Å². The van der Waals surface area contributed by atoms with Crippen molar-refractivity contribution in [1.82, 2.24) is 20.4 Å². The smallest absolute Gasteiger partial charge is 0.191 e. The third kappa shape index (κ3) is 9.47. The number of benzene rings is 1. The highest BCUT2D eigenvalue weighted by atomic mass is 16.5. The van der Waals surface area contributed by atoms with E-state index in [1.165, 1.54) is 0 Å². The van der Waals surface area contributed by atoms with Crippen LogP contribution in [0.4, 0.5) is 0 Å². The van der Waals surface area contributed by atoms with Crippen LogP contribution in [0.3, 0.4) is 0 Å². The van der Waals surface area contributed by atoms with Crippen molar-refractivity contribution in [2.75, 3.05) is 67.1 Å². The molecule has 0 aromatic heterocycles. The van der Waals surface area contributed by atoms with E-state index in [0.29, 0.717) is 19.1 Å².